The zero-order valence-corrected chi connectivity index (χ0v) is 14.6. The van der Waals surface area contributed by atoms with Crippen LogP contribution in [0.15, 0.2) is 29.3 Å². The van der Waals surface area contributed by atoms with Crippen molar-refractivity contribution >= 4 is 17.2 Å². The Morgan fingerprint density at radius 2 is 2.00 bits per heavy atom. The van der Waals surface area contributed by atoms with Gasteiger partial charge in [-0.25, -0.2) is 0 Å². The summed E-state index contributed by atoms with van der Waals surface area (Å²) in [5.41, 5.74) is 0.824. The van der Waals surface area contributed by atoms with E-state index in [9.17, 15) is 18.0 Å². The van der Waals surface area contributed by atoms with Gasteiger partial charge in [-0.05, 0) is 44.7 Å². The van der Waals surface area contributed by atoms with Gasteiger partial charge < -0.3 is 9.30 Å². The summed E-state index contributed by atoms with van der Waals surface area (Å²) >= 11 is 1.37. The van der Waals surface area contributed by atoms with Crippen molar-refractivity contribution in [1.82, 2.24) is 4.57 Å². The summed E-state index contributed by atoms with van der Waals surface area (Å²) in [6.07, 6.45) is -2.56. The summed E-state index contributed by atoms with van der Waals surface area (Å²) in [5.74, 6) is -0.698. The Kier molecular flexibility index (Phi) is 4.73. The largest absolute Gasteiger partial charge is 0.573 e. The number of halogens is 3. The molecule has 1 aromatic carbocycles. The van der Waals surface area contributed by atoms with Gasteiger partial charge in [-0.15, -0.1) is 24.5 Å². The fourth-order valence-corrected chi connectivity index (χ4v) is 3.44. The topological polar surface area (TPSA) is 43.6 Å². The molecule has 0 aliphatic heterocycles. The Hall–Kier alpha value is -2.09. The molecule has 4 nitrogen and oxygen atoms in total. The Morgan fingerprint density at radius 1 is 1.32 bits per heavy atom. The van der Waals surface area contributed by atoms with Crippen molar-refractivity contribution in [3.63, 3.8) is 0 Å². The number of alkyl halides is 3. The van der Waals surface area contributed by atoms with Crippen molar-refractivity contribution in [3.8, 4) is 5.75 Å². The molecule has 1 heterocycles. The number of carbonyl (C=O) groups excluding carboxylic acids is 1. The fraction of sp³-hybridized carbons (Fsp3) is 0.412. The van der Waals surface area contributed by atoms with Crippen LogP contribution < -0.4 is 9.54 Å². The monoisotopic (exact) mass is 370 g/mol. The first-order valence-electron chi connectivity index (χ1n) is 7.85. The van der Waals surface area contributed by atoms with E-state index in [4.69, 9.17) is 0 Å². The molecule has 0 radical (unpaired) electrons. The number of benzene rings is 1. The molecule has 0 saturated heterocycles. The lowest BCUT2D eigenvalue weighted by Gasteiger charge is -2.11. The van der Waals surface area contributed by atoms with Crippen LogP contribution in [0.25, 0.3) is 0 Å². The maximum Gasteiger partial charge on any atom is 0.573 e. The number of carbonyl (C=O) groups is 1. The number of aromatic nitrogens is 1. The SMILES string of the molecule is Cc1sc(=NC(=O)c2ccccc2OC(F)(F)F)n(CC2CC2)c1C. The highest BCUT2D eigenvalue weighted by Crippen LogP contribution is 2.31. The van der Waals surface area contributed by atoms with Crippen molar-refractivity contribution in [3.05, 3.63) is 45.2 Å². The Labute approximate surface area is 146 Å². The molecule has 1 saturated carbocycles. The van der Waals surface area contributed by atoms with Crippen LogP contribution in [0.3, 0.4) is 0 Å². The van der Waals surface area contributed by atoms with Crippen LogP contribution in [-0.2, 0) is 6.54 Å². The molecule has 3 rings (SSSR count). The van der Waals surface area contributed by atoms with E-state index in [2.05, 4.69) is 9.73 Å². The van der Waals surface area contributed by atoms with E-state index in [0.717, 1.165) is 36.0 Å². The lowest BCUT2D eigenvalue weighted by atomic mass is 10.2. The highest BCUT2D eigenvalue weighted by molar-refractivity contribution is 7.09. The first kappa shape index (κ1) is 17.7. The van der Waals surface area contributed by atoms with Crippen molar-refractivity contribution in [2.45, 2.75) is 39.6 Å². The Balaban J connectivity index is 1.97. The van der Waals surface area contributed by atoms with Crippen LogP contribution >= 0.6 is 11.3 Å². The summed E-state index contributed by atoms with van der Waals surface area (Å²) in [4.78, 5) is 18.1. The van der Waals surface area contributed by atoms with Crippen LogP contribution in [0.1, 0.15) is 33.8 Å². The van der Waals surface area contributed by atoms with Crippen molar-refractivity contribution < 1.29 is 22.7 Å². The zero-order valence-electron chi connectivity index (χ0n) is 13.8. The molecular formula is C17H17F3N2O2S. The van der Waals surface area contributed by atoms with Gasteiger partial charge in [0, 0.05) is 17.1 Å². The number of ether oxygens (including phenoxy) is 1. The fourth-order valence-electron chi connectivity index (χ4n) is 2.46. The van der Waals surface area contributed by atoms with Crippen LogP contribution in [0.4, 0.5) is 13.2 Å². The predicted molar refractivity (Wildman–Crippen MR) is 87.5 cm³/mol. The van der Waals surface area contributed by atoms with E-state index < -0.39 is 18.0 Å². The van der Waals surface area contributed by atoms with Gasteiger partial charge in [-0.2, -0.15) is 4.99 Å². The second kappa shape index (κ2) is 6.67. The van der Waals surface area contributed by atoms with Crippen LogP contribution in [0.2, 0.25) is 0 Å². The molecule has 1 amide bonds. The van der Waals surface area contributed by atoms with Crippen LogP contribution in [-0.4, -0.2) is 16.8 Å². The van der Waals surface area contributed by atoms with Crippen molar-refractivity contribution in [2.24, 2.45) is 10.9 Å². The van der Waals surface area contributed by atoms with Gasteiger partial charge in [-0.3, -0.25) is 4.79 Å². The number of hydrogen-bond donors (Lipinski definition) is 0. The summed E-state index contributed by atoms with van der Waals surface area (Å²) in [6, 6.07) is 5.25. The molecule has 0 bridgehead atoms. The smallest absolute Gasteiger partial charge is 0.405 e. The van der Waals surface area contributed by atoms with E-state index in [0.29, 0.717) is 10.7 Å². The summed E-state index contributed by atoms with van der Waals surface area (Å²) in [6.45, 7) is 4.68. The predicted octanol–water partition coefficient (Wildman–Crippen LogP) is 4.22. The highest BCUT2D eigenvalue weighted by atomic mass is 32.1. The quantitative estimate of drug-likeness (QED) is 0.809. The maximum atomic E-state index is 12.5. The lowest BCUT2D eigenvalue weighted by molar-refractivity contribution is -0.274. The van der Waals surface area contributed by atoms with Crippen LogP contribution in [0.5, 0.6) is 5.75 Å². The molecule has 25 heavy (non-hydrogen) atoms. The summed E-state index contributed by atoms with van der Waals surface area (Å²) in [7, 11) is 0. The van der Waals surface area contributed by atoms with Gasteiger partial charge in [0.25, 0.3) is 5.91 Å². The van der Waals surface area contributed by atoms with Crippen LogP contribution in [0, 0.1) is 19.8 Å². The third-order valence-electron chi connectivity index (χ3n) is 4.07. The molecule has 2 aromatic rings. The number of para-hydroxylation sites is 1. The standard InChI is InChI=1S/C17H17F3N2O2S/c1-10-11(2)25-16(22(10)9-12-7-8-12)21-15(23)13-5-3-4-6-14(13)24-17(18,19)20/h3-6,12H,7-9H2,1-2H3. The Morgan fingerprint density at radius 3 is 2.64 bits per heavy atom. The minimum Gasteiger partial charge on any atom is -0.405 e. The van der Waals surface area contributed by atoms with Gasteiger partial charge in [0.1, 0.15) is 5.75 Å². The average molecular weight is 370 g/mol. The minimum atomic E-state index is -4.86. The lowest BCUT2D eigenvalue weighted by Crippen LogP contribution is -2.21. The third kappa shape index (κ3) is 4.31. The minimum absolute atomic E-state index is 0.207. The molecule has 0 N–H and O–H groups in total. The Bertz CT molecular complexity index is 864. The number of rotatable bonds is 4. The van der Waals surface area contributed by atoms with Crippen molar-refractivity contribution in [1.29, 1.82) is 0 Å². The molecule has 1 aromatic heterocycles. The van der Waals surface area contributed by atoms with E-state index in [-0.39, 0.29) is 5.56 Å². The second-order valence-electron chi connectivity index (χ2n) is 6.04. The van der Waals surface area contributed by atoms with Gasteiger partial charge >= 0.3 is 6.36 Å². The average Bonchev–Trinajstić information content (AvgIpc) is 3.30. The molecular weight excluding hydrogens is 353 g/mol. The molecule has 8 heteroatoms. The number of amides is 1. The molecule has 1 fully saturated rings. The van der Waals surface area contributed by atoms with E-state index in [1.54, 1.807) is 0 Å². The first-order valence-corrected chi connectivity index (χ1v) is 8.67. The first-order chi connectivity index (χ1) is 11.7. The number of hydrogen-bond acceptors (Lipinski definition) is 3. The summed E-state index contributed by atoms with van der Waals surface area (Å²) in [5, 5.41) is 0. The van der Waals surface area contributed by atoms with E-state index in [1.807, 2.05) is 18.4 Å². The zero-order chi connectivity index (χ0) is 18.2. The van der Waals surface area contributed by atoms with Gasteiger partial charge in [-0.1, -0.05) is 12.1 Å². The van der Waals surface area contributed by atoms with Gasteiger partial charge in [0.05, 0.1) is 5.56 Å². The molecule has 1 aliphatic rings. The molecule has 0 spiro atoms. The third-order valence-corrected chi connectivity index (χ3v) is 5.16. The summed E-state index contributed by atoms with van der Waals surface area (Å²) < 4.78 is 43.5. The van der Waals surface area contributed by atoms with Gasteiger partial charge in [0.15, 0.2) is 4.80 Å². The normalized spacial score (nSPS) is 15.5. The van der Waals surface area contributed by atoms with E-state index in [1.165, 1.54) is 29.5 Å². The number of nitrogens with zero attached hydrogens (tertiary/aromatic N) is 2. The van der Waals surface area contributed by atoms with Gasteiger partial charge in [0.2, 0.25) is 0 Å². The molecule has 1 aliphatic carbocycles. The molecule has 0 unspecified atom stereocenters. The van der Waals surface area contributed by atoms with Crippen molar-refractivity contribution in [2.75, 3.05) is 0 Å². The number of aryl methyl sites for hydroxylation is 1. The molecule has 0 atom stereocenters. The van der Waals surface area contributed by atoms with E-state index >= 15 is 0 Å². The number of thiazole rings is 1. The second-order valence-corrected chi connectivity index (χ2v) is 7.22. The molecule has 134 valence electrons. The highest BCUT2D eigenvalue weighted by Gasteiger charge is 2.33. The maximum absolute atomic E-state index is 12.5.